The van der Waals surface area contributed by atoms with Crippen LogP contribution in [0.1, 0.15) is 31.2 Å². The summed E-state index contributed by atoms with van der Waals surface area (Å²) < 4.78 is 7.44. The van der Waals surface area contributed by atoms with Gasteiger partial charge in [-0.3, -0.25) is 14.9 Å². The van der Waals surface area contributed by atoms with Crippen molar-refractivity contribution in [3.8, 4) is 5.75 Å². The number of hydrazine groups is 1. The molecule has 0 aliphatic heterocycles. The van der Waals surface area contributed by atoms with Gasteiger partial charge in [-0.1, -0.05) is 13.3 Å². The average Bonchev–Trinajstić information content (AvgIpc) is 2.54. The van der Waals surface area contributed by atoms with Crippen LogP contribution in [0, 0.1) is 13.8 Å². The third kappa shape index (κ3) is 2.97. The van der Waals surface area contributed by atoms with Crippen LogP contribution in [0.2, 0.25) is 0 Å². The molecule has 0 aliphatic carbocycles. The molecule has 0 saturated heterocycles. The Morgan fingerprint density at radius 2 is 2.24 bits per heavy atom. The first-order valence-corrected chi connectivity index (χ1v) is 5.68. The predicted molar refractivity (Wildman–Crippen MR) is 64.3 cm³/mol. The highest BCUT2D eigenvalue weighted by Gasteiger charge is 2.22. The van der Waals surface area contributed by atoms with Gasteiger partial charge in [0.2, 0.25) is 0 Å². The van der Waals surface area contributed by atoms with Crippen molar-refractivity contribution in [2.45, 2.75) is 39.7 Å². The van der Waals surface area contributed by atoms with E-state index in [-0.39, 0.29) is 5.91 Å². The molecule has 0 aromatic carbocycles. The maximum Gasteiger partial charge on any atom is 0.274 e. The Morgan fingerprint density at radius 1 is 1.59 bits per heavy atom. The second-order valence-corrected chi connectivity index (χ2v) is 4.03. The lowest BCUT2D eigenvalue weighted by Crippen LogP contribution is -2.42. The SMILES string of the molecule is CCCC(Oc1c(C)nn(C)c1C)C(=O)NN. The van der Waals surface area contributed by atoms with Gasteiger partial charge in [0.25, 0.3) is 5.91 Å². The Morgan fingerprint density at radius 3 is 2.65 bits per heavy atom. The number of amides is 1. The number of nitrogens with two attached hydrogens (primary N) is 1. The van der Waals surface area contributed by atoms with Gasteiger partial charge in [0, 0.05) is 7.05 Å². The first-order chi connectivity index (χ1) is 8.01. The fourth-order valence-electron chi connectivity index (χ4n) is 1.67. The molecule has 1 unspecified atom stereocenters. The summed E-state index contributed by atoms with van der Waals surface area (Å²) >= 11 is 0. The predicted octanol–water partition coefficient (Wildman–Crippen LogP) is 0.574. The van der Waals surface area contributed by atoms with Crippen LogP contribution in [-0.2, 0) is 11.8 Å². The number of ether oxygens (including phenoxy) is 1. The van der Waals surface area contributed by atoms with Gasteiger partial charge in [0.05, 0.1) is 5.69 Å². The van der Waals surface area contributed by atoms with E-state index >= 15 is 0 Å². The molecule has 1 rings (SSSR count). The van der Waals surface area contributed by atoms with E-state index in [0.717, 1.165) is 17.8 Å². The van der Waals surface area contributed by atoms with Crippen LogP contribution < -0.4 is 16.0 Å². The van der Waals surface area contributed by atoms with Crippen LogP contribution >= 0.6 is 0 Å². The first kappa shape index (κ1) is 13.5. The lowest BCUT2D eigenvalue weighted by atomic mass is 10.2. The molecule has 1 aromatic rings. The molecular formula is C11H20N4O2. The third-order valence-corrected chi connectivity index (χ3v) is 2.69. The van der Waals surface area contributed by atoms with Crippen molar-refractivity contribution in [1.82, 2.24) is 15.2 Å². The smallest absolute Gasteiger partial charge is 0.274 e. The van der Waals surface area contributed by atoms with Gasteiger partial charge in [0.15, 0.2) is 11.9 Å². The minimum Gasteiger partial charge on any atom is -0.477 e. The Balaban J connectivity index is 2.89. The van der Waals surface area contributed by atoms with Crippen molar-refractivity contribution in [1.29, 1.82) is 0 Å². The summed E-state index contributed by atoms with van der Waals surface area (Å²) in [6.07, 6.45) is 0.902. The normalized spacial score (nSPS) is 12.3. The van der Waals surface area contributed by atoms with Crippen molar-refractivity contribution >= 4 is 5.91 Å². The lowest BCUT2D eigenvalue weighted by Gasteiger charge is -2.16. The fraction of sp³-hybridized carbons (Fsp3) is 0.636. The highest BCUT2D eigenvalue weighted by molar-refractivity contribution is 5.80. The number of hydrogen-bond donors (Lipinski definition) is 2. The van der Waals surface area contributed by atoms with Crippen molar-refractivity contribution in [2.75, 3.05) is 0 Å². The second-order valence-electron chi connectivity index (χ2n) is 4.03. The molecule has 0 bridgehead atoms. The van der Waals surface area contributed by atoms with Gasteiger partial charge >= 0.3 is 0 Å². The van der Waals surface area contributed by atoms with Crippen LogP contribution in [0.3, 0.4) is 0 Å². The zero-order valence-electron chi connectivity index (χ0n) is 10.8. The van der Waals surface area contributed by atoms with Crippen LogP contribution in [0.25, 0.3) is 0 Å². The van der Waals surface area contributed by atoms with E-state index in [1.54, 1.807) is 4.68 Å². The number of hydrogen-bond acceptors (Lipinski definition) is 4. The molecule has 3 N–H and O–H groups in total. The molecule has 0 fully saturated rings. The molecule has 1 heterocycles. The molecule has 1 aromatic heterocycles. The van der Waals surface area contributed by atoms with Crippen molar-refractivity contribution in [3.63, 3.8) is 0 Å². The highest BCUT2D eigenvalue weighted by atomic mass is 16.5. The Kier molecular flexibility index (Phi) is 4.51. The minimum atomic E-state index is -0.563. The number of nitrogens with zero attached hydrogens (tertiary/aromatic N) is 2. The monoisotopic (exact) mass is 240 g/mol. The van der Waals surface area contributed by atoms with E-state index in [1.165, 1.54) is 0 Å². The number of nitrogens with one attached hydrogen (secondary N) is 1. The molecule has 0 aliphatic rings. The molecule has 1 amide bonds. The van der Waals surface area contributed by atoms with Crippen LogP contribution in [-0.4, -0.2) is 21.8 Å². The van der Waals surface area contributed by atoms with Crippen molar-refractivity contribution in [2.24, 2.45) is 12.9 Å². The van der Waals surface area contributed by atoms with E-state index in [9.17, 15) is 4.79 Å². The Labute approximate surface area is 101 Å². The summed E-state index contributed by atoms with van der Waals surface area (Å²) in [6.45, 7) is 5.74. The van der Waals surface area contributed by atoms with Crippen LogP contribution in [0.5, 0.6) is 5.75 Å². The molecule has 0 saturated carbocycles. The van der Waals surface area contributed by atoms with Gasteiger partial charge in [-0.05, 0) is 20.3 Å². The standard InChI is InChI=1S/C11H20N4O2/c1-5-6-9(11(16)13-12)17-10-7(2)14-15(4)8(10)3/h9H,5-6,12H2,1-4H3,(H,13,16). The molecule has 0 radical (unpaired) electrons. The number of aryl methyl sites for hydroxylation is 2. The topological polar surface area (TPSA) is 82.2 Å². The van der Waals surface area contributed by atoms with Gasteiger partial charge in [-0.2, -0.15) is 5.10 Å². The molecule has 6 heteroatoms. The van der Waals surface area contributed by atoms with E-state index in [2.05, 4.69) is 10.5 Å². The van der Waals surface area contributed by atoms with Gasteiger partial charge < -0.3 is 4.74 Å². The molecule has 1 atom stereocenters. The maximum absolute atomic E-state index is 11.5. The quantitative estimate of drug-likeness (QED) is 0.448. The second kappa shape index (κ2) is 5.67. The first-order valence-electron chi connectivity index (χ1n) is 5.68. The number of aromatic nitrogens is 2. The summed E-state index contributed by atoms with van der Waals surface area (Å²) in [5.74, 6) is 5.49. The summed E-state index contributed by atoms with van der Waals surface area (Å²) in [7, 11) is 1.84. The van der Waals surface area contributed by atoms with Crippen LogP contribution in [0.15, 0.2) is 0 Å². The molecule has 0 spiro atoms. The summed E-state index contributed by atoms with van der Waals surface area (Å²) in [5.41, 5.74) is 3.80. The van der Waals surface area contributed by atoms with Crippen molar-refractivity contribution in [3.05, 3.63) is 11.4 Å². The van der Waals surface area contributed by atoms with Crippen LogP contribution in [0.4, 0.5) is 0 Å². The van der Waals surface area contributed by atoms with E-state index < -0.39 is 6.10 Å². The number of carbonyl (C=O) groups excluding carboxylic acids is 1. The maximum atomic E-state index is 11.5. The fourth-order valence-corrected chi connectivity index (χ4v) is 1.67. The van der Waals surface area contributed by atoms with E-state index in [0.29, 0.717) is 12.2 Å². The van der Waals surface area contributed by atoms with Crippen molar-refractivity contribution < 1.29 is 9.53 Å². The van der Waals surface area contributed by atoms with Gasteiger partial charge in [0.1, 0.15) is 5.69 Å². The summed E-state index contributed by atoms with van der Waals surface area (Å²) in [5, 5.41) is 4.24. The number of carbonyl (C=O) groups is 1. The van der Waals surface area contributed by atoms with E-state index in [4.69, 9.17) is 10.6 Å². The summed E-state index contributed by atoms with van der Waals surface area (Å²) in [4.78, 5) is 11.5. The lowest BCUT2D eigenvalue weighted by molar-refractivity contribution is -0.128. The molecular weight excluding hydrogens is 220 g/mol. The van der Waals surface area contributed by atoms with E-state index in [1.807, 2.05) is 27.8 Å². The zero-order chi connectivity index (χ0) is 13.0. The zero-order valence-corrected chi connectivity index (χ0v) is 10.8. The molecule has 17 heavy (non-hydrogen) atoms. The third-order valence-electron chi connectivity index (χ3n) is 2.69. The largest absolute Gasteiger partial charge is 0.477 e. The highest BCUT2D eigenvalue weighted by Crippen LogP contribution is 2.23. The van der Waals surface area contributed by atoms with Gasteiger partial charge in [-0.25, -0.2) is 5.84 Å². The Hall–Kier alpha value is -1.56. The number of rotatable bonds is 5. The van der Waals surface area contributed by atoms with Gasteiger partial charge in [-0.15, -0.1) is 0 Å². The minimum absolute atomic E-state index is 0.311. The molecule has 96 valence electrons. The molecule has 6 nitrogen and oxygen atoms in total. The average molecular weight is 240 g/mol. The summed E-state index contributed by atoms with van der Waals surface area (Å²) in [6, 6.07) is 0. The Bertz CT molecular complexity index is 400.